The molecule has 1 aliphatic rings. The quantitative estimate of drug-likeness (QED) is 0.895. The third-order valence-corrected chi connectivity index (χ3v) is 4.91. The molecule has 0 bridgehead atoms. The molecule has 6 nitrogen and oxygen atoms in total. The molecule has 26 heavy (non-hydrogen) atoms. The molecule has 1 aromatic heterocycles. The minimum absolute atomic E-state index is 0.154. The van der Waals surface area contributed by atoms with Crippen LogP contribution in [0.4, 0.5) is 0 Å². The van der Waals surface area contributed by atoms with Gasteiger partial charge in [0.25, 0.3) is 5.56 Å². The van der Waals surface area contributed by atoms with Crippen molar-refractivity contribution >= 4 is 5.91 Å². The van der Waals surface area contributed by atoms with E-state index < -0.39 is 6.04 Å². The average molecular weight is 355 g/mol. The summed E-state index contributed by atoms with van der Waals surface area (Å²) in [5.41, 5.74) is 1.22. The van der Waals surface area contributed by atoms with E-state index in [9.17, 15) is 9.59 Å². The summed E-state index contributed by atoms with van der Waals surface area (Å²) in [5, 5.41) is 7.48. The van der Waals surface area contributed by atoms with E-state index in [1.165, 1.54) is 17.2 Å². The van der Waals surface area contributed by atoms with Gasteiger partial charge in [-0.05, 0) is 50.1 Å². The summed E-state index contributed by atoms with van der Waals surface area (Å²) in [6.07, 6.45) is 5.53. The highest BCUT2D eigenvalue weighted by molar-refractivity contribution is 5.80. The number of carbonyl (C=O) groups excluding carboxylic acids is 1. The average Bonchev–Trinajstić information content (AvgIpc) is 2.68. The van der Waals surface area contributed by atoms with Crippen LogP contribution in [-0.2, 0) is 4.79 Å². The number of hydrogen-bond donors (Lipinski definition) is 1. The largest absolute Gasteiger partial charge is 0.497 e. The summed E-state index contributed by atoms with van der Waals surface area (Å²) in [6.45, 7) is 1.71. The standard InChI is InChI=1S/C20H25N3O3/c1-14(20(25)21-16-6-4-3-5-7-16)23-19(24)13-12-18(22-23)15-8-10-17(26-2)11-9-15/h8-14,16H,3-7H2,1-2H3,(H,21,25). The molecular formula is C20H25N3O3. The lowest BCUT2D eigenvalue weighted by molar-refractivity contribution is -0.125. The smallest absolute Gasteiger partial charge is 0.267 e. The van der Waals surface area contributed by atoms with Gasteiger partial charge in [0.05, 0.1) is 12.8 Å². The van der Waals surface area contributed by atoms with Gasteiger partial charge in [-0.15, -0.1) is 0 Å². The molecule has 138 valence electrons. The van der Waals surface area contributed by atoms with Crippen LogP contribution in [0.15, 0.2) is 41.2 Å². The highest BCUT2D eigenvalue weighted by Crippen LogP contribution is 2.21. The molecule has 0 radical (unpaired) electrons. The topological polar surface area (TPSA) is 73.2 Å². The molecule has 1 aliphatic carbocycles. The van der Waals surface area contributed by atoms with Crippen molar-refractivity contribution in [3.63, 3.8) is 0 Å². The van der Waals surface area contributed by atoms with E-state index >= 15 is 0 Å². The Kier molecular flexibility index (Phi) is 5.71. The summed E-state index contributed by atoms with van der Waals surface area (Å²) in [4.78, 5) is 24.8. The van der Waals surface area contributed by atoms with E-state index in [4.69, 9.17) is 4.74 Å². The molecule has 1 unspecified atom stereocenters. The Morgan fingerprint density at radius 1 is 1.15 bits per heavy atom. The summed E-state index contributed by atoms with van der Waals surface area (Å²) < 4.78 is 6.42. The fraction of sp³-hybridized carbons (Fsp3) is 0.450. The van der Waals surface area contributed by atoms with Gasteiger partial charge in [0.2, 0.25) is 5.91 Å². The van der Waals surface area contributed by atoms with E-state index in [1.807, 2.05) is 24.3 Å². The van der Waals surface area contributed by atoms with Crippen molar-refractivity contribution in [3.05, 3.63) is 46.8 Å². The first-order chi connectivity index (χ1) is 12.6. The van der Waals surface area contributed by atoms with Crippen molar-refractivity contribution in [2.75, 3.05) is 7.11 Å². The molecule has 1 N–H and O–H groups in total. The molecule has 1 aromatic carbocycles. The van der Waals surface area contributed by atoms with Crippen molar-refractivity contribution in [1.82, 2.24) is 15.1 Å². The highest BCUT2D eigenvalue weighted by Gasteiger charge is 2.22. The second kappa shape index (κ2) is 8.17. The van der Waals surface area contributed by atoms with Crippen LogP contribution in [0, 0.1) is 0 Å². The van der Waals surface area contributed by atoms with Crippen LogP contribution >= 0.6 is 0 Å². The van der Waals surface area contributed by atoms with Crippen LogP contribution in [0.1, 0.15) is 45.1 Å². The van der Waals surface area contributed by atoms with Gasteiger partial charge in [0, 0.05) is 17.7 Å². The molecular weight excluding hydrogens is 330 g/mol. The maximum atomic E-state index is 12.6. The van der Waals surface area contributed by atoms with Gasteiger partial charge < -0.3 is 10.1 Å². The first-order valence-electron chi connectivity index (χ1n) is 9.13. The second-order valence-electron chi connectivity index (χ2n) is 6.75. The number of ether oxygens (including phenoxy) is 1. The van der Waals surface area contributed by atoms with Gasteiger partial charge in [0.15, 0.2) is 0 Å². The molecule has 6 heteroatoms. The van der Waals surface area contributed by atoms with Gasteiger partial charge >= 0.3 is 0 Å². The number of hydrogen-bond acceptors (Lipinski definition) is 4. The Morgan fingerprint density at radius 3 is 2.50 bits per heavy atom. The Bertz CT molecular complexity index is 808. The zero-order valence-electron chi connectivity index (χ0n) is 15.3. The number of carbonyl (C=O) groups is 1. The van der Waals surface area contributed by atoms with Crippen LogP contribution < -0.4 is 15.6 Å². The van der Waals surface area contributed by atoms with Crippen molar-refractivity contribution < 1.29 is 9.53 Å². The summed E-state index contributed by atoms with van der Waals surface area (Å²) in [6, 6.07) is 10.1. The van der Waals surface area contributed by atoms with Gasteiger partial charge in [-0.2, -0.15) is 5.10 Å². The van der Waals surface area contributed by atoms with E-state index in [2.05, 4.69) is 10.4 Å². The molecule has 1 amide bonds. The van der Waals surface area contributed by atoms with Crippen LogP contribution in [0.3, 0.4) is 0 Å². The minimum Gasteiger partial charge on any atom is -0.497 e. The van der Waals surface area contributed by atoms with Crippen LogP contribution in [-0.4, -0.2) is 28.8 Å². The van der Waals surface area contributed by atoms with Crippen LogP contribution in [0.5, 0.6) is 5.75 Å². The van der Waals surface area contributed by atoms with Gasteiger partial charge in [-0.1, -0.05) is 19.3 Å². The van der Waals surface area contributed by atoms with Crippen molar-refractivity contribution in [1.29, 1.82) is 0 Å². The van der Waals surface area contributed by atoms with Crippen molar-refractivity contribution in [2.24, 2.45) is 0 Å². The highest BCUT2D eigenvalue weighted by atomic mass is 16.5. The fourth-order valence-electron chi connectivity index (χ4n) is 3.30. The molecule has 2 aromatic rings. The number of benzene rings is 1. The molecule has 1 atom stereocenters. The summed E-state index contributed by atoms with van der Waals surface area (Å²) >= 11 is 0. The van der Waals surface area contributed by atoms with Gasteiger partial charge in [0.1, 0.15) is 11.8 Å². The maximum absolute atomic E-state index is 12.6. The van der Waals surface area contributed by atoms with Gasteiger partial charge in [-0.25, -0.2) is 4.68 Å². The molecule has 3 rings (SSSR count). The third kappa shape index (κ3) is 4.12. The van der Waals surface area contributed by atoms with E-state index in [1.54, 1.807) is 20.1 Å². The van der Waals surface area contributed by atoms with Gasteiger partial charge in [-0.3, -0.25) is 9.59 Å². The predicted molar refractivity (Wildman–Crippen MR) is 100 cm³/mol. The van der Waals surface area contributed by atoms with Crippen molar-refractivity contribution in [2.45, 2.75) is 51.1 Å². The second-order valence-corrected chi connectivity index (χ2v) is 6.75. The monoisotopic (exact) mass is 355 g/mol. The Balaban J connectivity index is 1.79. The Morgan fingerprint density at radius 2 is 1.85 bits per heavy atom. The molecule has 0 spiro atoms. The lowest BCUT2D eigenvalue weighted by atomic mass is 9.95. The Hall–Kier alpha value is -2.63. The molecule has 1 saturated carbocycles. The van der Waals surface area contributed by atoms with E-state index in [0.717, 1.165) is 37.0 Å². The normalized spacial score (nSPS) is 16.1. The zero-order chi connectivity index (χ0) is 18.5. The van der Waals surface area contributed by atoms with E-state index in [-0.39, 0.29) is 17.5 Å². The lowest BCUT2D eigenvalue weighted by Crippen LogP contribution is -2.42. The van der Waals surface area contributed by atoms with Crippen molar-refractivity contribution in [3.8, 4) is 17.0 Å². The molecule has 0 aliphatic heterocycles. The van der Waals surface area contributed by atoms with Crippen LogP contribution in [0.2, 0.25) is 0 Å². The molecule has 1 heterocycles. The van der Waals surface area contributed by atoms with Crippen LogP contribution in [0.25, 0.3) is 11.3 Å². The summed E-state index contributed by atoms with van der Waals surface area (Å²) in [7, 11) is 1.61. The first-order valence-corrected chi connectivity index (χ1v) is 9.13. The molecule has 0 saturated heterocycles. The maximum Gasteiger partial charge on any atom is 0.267 e. The fourth-order valence-corrected chi connectivity index (χ4v) is 3.30. The number of amides is 1. The number of nitrogens with one attached hydrogen (secondary N) is 1. The Labute approximate surface area is 153 Å². The van der Waals surface area contributed by atoms with E-state index in [0.29, 0.717) is 5.69 Å². The number of rotatable bonds is 5. The molecule has 1 fully saturated rings. The minimum atomic E-state index is -0.650. The lowest BCUT2D eigenvalue weighted by Gasteiger charge is -2.24. The zero-order valence-corrected chi connectivity index (χ0v) is 15.3. The summed E-state index contributed by atoms with van der Waals surface area (Å²) in [5.74, 6) is 0.598. The number of nitrogens with zero attached hydrogens (tertiary/aromatic N) is 2. The number of aromatic nitrogens is 2. The first kappa shape index (κ1) is 18.2. The SMILES string of the molecule is COc1ccc(-c2ccc(=O)n(C(C)C(=O)NC3CCCCC3)n2)cc1. The predicted octanol–water partition coefficient (Wildman–Crippen LogP) is 2.93. The third-order valence-electron chi connectivity index (χ3n) is 4.91. The number of methoxy groups -OCH3 is 1.